The van der Waals surface area contributed by atoms with Crippen molar-refractivity contribution in [3.8, 4) is 0 Å². The fourth-order valence-electron chi connectivity index (χ4n) is 0.706. The number of aryl methyl sites for hydroxylation is 1. The quantitative estimate of drug-likeness (QED) is 0.491. The third-order valence-corrected chi connectivity index (χ3v) is 1.27. The summed E-state index contributed by atoms with van der Waals surface area (Å²) in [5.41, 5.74) is 0.870. The number of rotatable bonds is 2. The monoisotopic (exact) mass is 165 g/mol. The summed E-state index contributed by atoms with van der Waals surface area (Å²) < 4.78 is 0. The predicted molar refractivity (Wildman–Crippen MR) is 45.5 cm³/mol. The van der Waals surface area contributed by atoms with Crippen molar-refractivity contribution < 1.29 is 0 Å². The minimum Gasteiger partial charge on any atom is -0.242 e. The standard InChI is InChI=1S/C7H7N3S/c1-6-9-3-2-7(10-6)4-8-5-11/h2-3H,4H2,1H3. The second kappa shape index (κ2) is 3.91. The van der Waals surface area contributed by atoms with Gasteiger partial charge in [0.05, 0.1) is 17.4 Å². The van der Waals surface area contributed by atoms with Crippen molar-refractivity contribution >= 4 is 17.4 Å². The van der Waals surface area contributed by atoms with E-state index < -0.39 is 0 Å². The van der Waals surface area contributed by atoms with Crippen molar-refractivity contribution in [3.63, 3.8) is 0 Å². The average molecular weight is 165 g/mol. The number of aliphatic imine (C=N–C) groups is 1. The molecular weight excluding hydrogens is 158 g/mol. The molecule has 1 aromatic rings. The normalized spacial score (nSPS) is 8.82. The van der Waals surface area contributed by atoms with Crippen molar-refractivity contribution in [2.45, 2.75) is 13.5 Å². The molecule has 3 nitrogen and oxygen atoms in total. The van der Waals surface area contributed by atoms with Gasteiger partial charge in [-0.3, -0.25) is 0 Å². The Bertz CT molecular complexity index is 291. The first-order valence-electron chi connectivity index (χ1n) is 3.15. The molecule has 1 aromatic heterocycles. The molecule has 0 radical (unpaired) electrons. The topological polar surface area (TPSA) is 38.1 Å². The molecule has 4 heteroatoms. The second-order valence-corrected chi connectivity index (χ2v) is 2.19. The number of thiocarbonyl (C=S) groups is 1. The van der Waals surface area contributed by atoms with Gasteiger partial charge >= 0.3 is 0 Å². The SMILES string of the molecule is Cc1nccc(CN=C=S)n1. The Labute approximate surface area is 70.2 Å². The van der Waals surface area contributed by atoms with Crippen LogP contribution < -0.4 is 0 Å². The summed E-state index contributed by atoms with van der Waals surface area (Å²) in [6.07, 6.45) is 1.70. The second-order valence-electron chi connectivity index (χ2n) is 2.00. The Balaban J connectivity index is 2.79. The molecule has 0 aliphatic carbocycles. The largest absolute Gasteiger partial charge is 0.242 e. The third kappa shape index (κ3) is 2.53. The minimum atomic E-state index is 0.493. The van der Waals surface area contributed by atoms with E-state index in [0.29, 0.717) is 6.54 Å². The highest BCUT2D eigenvalue weighted by Gasteiger charge is 1.91. The van der Waals surface area contributed by atoms with Gasteiger partial charge in [0.25, 0.3) is 0 Å². The lowest BCUT2D eigenvalue weighted by Crippen LogP contribution is -1.91. The van der Waals surface area contributed by atoms with Crippen LogP contribution in [0.2, 0.25) is 0 Å². The zero-order chi connectivity index (χ0) is 8.10. The molecule has 0 N–H and O–H groups in total. The van der Waals surface area contributed by atoms with Crippen LogP contribution in [0, 0.1) is 6.92 Å². The maximum absolute atomic E-state index is 4.42. The molecule has 0 bridgehead atoms. The van der Waals surface area contributed by atoms with E-state index in [1.807, 2.05) is 13.0 Å². The summed E-state index contributed by atoms with van der Waals surface area (Å²) in [5, 5.41) is 2.28. The van der Waals surface area contributed by atoms with Gasteiger partial charge in [-0.15, -0.1) is 0 Å². The molecule has 0 saturated heterocycles. The number of isothiocyanates is 1. The van der Waals surface area contributed by atoms with Gasteiger partial charge in [-0.1, -0.05) is 0 Å². The summed E-state index contributed by atoms with van der Waals surface area (Å²) in [6, 6.07) is 1.81. The Morgan fingerprint density at radius 1 is 1.73 bits per heavy atom. The van der Waals surface area contributed by atoms with Gasteiger partial charge in [0, 0.05) is 6.20 Å². The summed E-state index contributed by atoms with van der Waals surface area (Å²) in [6.45, 7) is 2.33. The lowest BCUT2D eigenvalue weighted by Gasteiger charge is -1.93. The molecule has 56 valence electrons. The number of hydrogen-bond acceptors (Lipinski definition) is 4. The molecule has 11 heavy (non-hydrogen) atoms. The molecule has 0 amide bonds. The fourth-order valence-corrected chi connectivity index (χ4v) is 0.771. The summed E-state index contributed by atoms with van der Waals surface area (Å²) in [7, 11) is 0. The molecule has 1 rings (SSSR count). The summed E-state index contributed by atoms with van der Waals surface area (Å²) in [5.74, 6) is 0.752. The molecule has 0 spiro atoms. The van der Waals surface area contributed by atoms with Crippen molar-refractivity contribution in [2.75, 3.05) is 0 Å². The van der Waals surface area contributed by atoms with Crippen LogP contribution >= 0.6 is 12.2 Å². The molecule has 0 unspecified atom stereocenters. The Morgan fingerprint density at radius 2 is 2.55 bits per heavy atom. The highest BCUT2D eigenvalue weighted by atomic mass is 32.1. The molecular formula is C7H7N3S. The summed E-state index contributed by atoms with van der Waals surface area (Å²) in [4.78, 5) is 11.8. The van der Waals surface area contributed by atoms with Crippen LogP contribution in [-0.2, 0) is 6.54 Å². The molecule has 0 saturated carbocycles. The first kappa shape index (κ1) is 7.98. The van der Waals surface area contributed by atoms with E-state index >= 15 is 0 Å². The highest BCUT2D eigenvalue weighted by molar-refractivity contribution is 7.78. The molecule has 0 fully saturated rings. The van der Waals surface area contributed by atoms with Gasteiger partial charge < -0.3 is 0 Å². The van der Waals surface area contributed by atoms with Gasteiger partial charge in [-0.05, 0) is 25.2 Å². The van der Waals surface area contributed by atoms with E-state index in [9.17, 15) is 0 Å². The van der Waals surface area contributed by atoms with E-state index in [4.69, 9.17) is 0 Å². The van der Waals surface area contributed by atoms with Crippen molar-refractivity contribution in [1.29, 1.82) is 0 Å². The van der Waals surface area contributed by atoms with E-state index in [-0.39, 0.29) is 0 Å². The van der Waals surface area contributed by atoms with E-state index in [1.165, 1.54) is 0 Å². The third-order valence-electron chi connectivity index (χ3n) is 1.14. The Kier molecular flexibility index (Phi) is 2.83. The highest BCUT2D eigenvalue weighted by Crippen LogP contribution is 1.95. The van der Waals surface area contributed by atoms with Crippen LogP contribution in [0.4, 0.5) is 0 Å². The van der Waals surface area contributed by atoms with Gasteiger partial charge in [0.15, 0.2) is 0 Å². The molecule has 0 aromatic carbocycles. The first-order valence-corrected chi connectivity index (χ1v) is 3.56. The van der Waals surface area contributed by atoms with Gasteiger partial charge in [0.2, 0.25) is 0 Å². The van der Waals surface area contributed by atoms with Crippen LogP contribution in [0.3, 0.4) is 0 Å². The van der Waals surface area contributed by atoms with Gasteiger partial charge in [-0.2, -0.15) is 0 Å². The molecule has 0 aliphatic heterocycles. The number of nitrogens with zero attached hydrogens (tertiary/aromatic N) is 3. The molecule has 0 atom stereocenters. The fraction of sp³-hybridized carbons (Fsp3) is 0.286. The smallest absolute Gasteiger partial charge is 0.125 e. The Morgan fingerprint density at radius 3 is 3.18 bits per heavy atom. The maximum atomic E-state index is 4.42. The lowest BCUT2D eigenvalue weighted by atomic mass is 10.4. The van der Waals surface area contributed by atoms with Gasteiger partial charge in [0.1, 0.15) is 5.82 Å². The predicted octanol–water partition coefficient (Wildman–Crippen LogP) is 1.39. The van der Waals surface area contributed by atoms with E-state index in [1.54, 1.807) is 6.20 Å². The van der Waals surface area contributed by atoms with E-state index in [2.05, 4.69) is 32.3 Å². The minimum absolute atomic E-state index is 0.493. The summed E-state index contributed by atoms with van der Waals surface area (Å²) >= 11 is 4.42. The van der Waals surface area contributed by atoms with Crippen LogP contribution in [0.25, 0.3) is 0 Å². The van der Waals surface area contributed by atoms with Crippen molar-refractivity contribution in [2.24, 2.45) is 4.99 Å². The van der Waals surface area contributed by atoms with Crippen LogP contribution in [-0.4, -0.2) is 15.1 Å². The van der Waals surface area contributed by atoms with Crippen molar-refractivity contribution in [3.05, 3.63) is 23.8 Å². The zero-order valence-corrected chi connectivity index (χ0v) is 6.93. The van der Waals surface area contributed by atoms with Gasteiger partial charge in [-0.25, -0.2) is 15.0 Å². The average Bonchev–Trinajstić information content (AvgIpc) is 2.01. The molecule has 0 aliphatic rings. The van der Waals surface area contributed by atoms with E-state index in [0.717, 1.165) is 11.5 Å². The van der Waals surface area contributed by atoms with Crippen LogP contribution in [0.15, 0.2) is 17.3 Å². The number of hydrogen-bond donors (Lipinski definition) is 0. The van der Waals surface area contributed by atoms with Crippen LogP contribution in [0.5, 0.6) is 0 Å². The maximum Gasteiger partial charge on any atom is 0.125 e. The van der Waals surface area contributed by atoms with Crippen LogP contribution in [0.1, 0.15) is 11.5 Å². The molecule has 1 heterocycles. The lowest BCUT2D eigenvalue weighted by molar-refractivity contribution is 0.931. The Hall–Kier alpha value is -1.12. The zero-order valence-electron chi connectivity index (χ0n) is 6.11. The first-order chi connectivity index (χ1) is 5.33. The number of aromatic nitrogens is 2. The van der Waals surface area contributed by atoms with Crippen molar-refractivity contribution in [1.82, 2.24) is 9.97 Å².